The van der Waals surface area contributed by atoms with E-state index in [1.807, 2.05) is 19.1 Å². The van der Waals surface area contributed by atoms with Gasteiger partial charge in [0, 0.05) is 12.1 Å². The molecule has 1 aromatic carbocycles. The van der Waals surface area contributed by atoms with Gasteiger partial charge in [-0.2, -0.15) is 0 Å². The molecule has 0 saturated carbocycles. The fraction of sp³-hybridized carbons (Fsp3) is 0.500. The molecule has 1 heterocycles. The quantitative estimate of drug-likeness (QED) is 0.863. The summed E-state index contributed by atoms with van der Waals surface area (Å²) in [5.74, 6) is -1.10. The summed E-state index contributed by atoms with van der Waals surface area (Å²) >= 11 is 0. The zero-order valence-electron chi connectivity index (χ0n) is 12.3. The minimum absolute atomic E-state index is 0.198. The highest BCUT2D eigenvalue weighted by atomic mass is 16.4. The van der Waals surface area contributed by atoms with Gasteiger partial charge in [0.25, 0.3) is 5.91 Å². The molecule has 5 heteroatoms. The molecule has 0 radical (unpaired) electrons. The van der Waals surface area contributed by atoms with Crippen molar-refractivity contribution < 1.29 is 14.7 Å². The SMILES string of the molecule is CCC1(C(=O)O)CCCN1C(=O)c1ccc(CCN)cc1. The van der Waals surface area contributed by atoms with Crippen LogP contribution in [0.3, 0.4) is 0 Å². The second kappa shape index (κ2) is 6.26. The van der Waals surface area contributed by atoms with Crippen molar-refractivity contribution >= 4 is 11.9 Å². The molecule has 0 aromatic heterocycles. The number of carboxylic acids is 1. The number of rotatable bonds is 5. The van der Waals surface area contributed by atoms with Crippen LogP contribution >= 0.6 is 0 Å². The molecule has 0 aliphatic carbocycles. The number of nitrogens with zero attached hydrogens (tertiary/aromatic N) is 1. The molecule has 1 saturated heterocycles. The Labute approximate surface area is 124 Å². The highest BCUT2D eigenvalue weighted by Gasteiger charge is 2.48. The molecule has 21 heavy (non-hydrogen) atoms. The number of carbonyl (C=O) groups excluding carboxylic acids is 1. The van der Waals surface area contributed by atoms with E-state index in [1.165, 1.54) is 4.90 Å². The first-order valence-corrected chi connectivity index (χ1v) is 7.39. The van der Waals surface area contributed by atoms with E-state index in [0.717, 1.165) is 18.4 Å². The molecule has 0 bridgehead atoms. The van der Waals surface area contributed by atoms with Crippen molar-refractivity contribution in [1.29, 1.82) is 0 Å². The minimum Gasteiger partial charge on any atom is -0.479 e. The van der Waals surface area contributed by atoms with E-state index in [4.69, 9.17) is 5.73 Å². The van der Waals surface area contributed by atoms with Crippen molar-refractivity contribution in [1.82, 2.24) is 4.90 Å². The summed E-state index contributed by atoms with van der Waals surface area (Å²) < 4.78 is 0. The van der Waals surface area contributed by atoms with Gasteiger partial charge in [0.1, 0.15) is 5.54 Å². The molecule has 114 valence electrons. The Morgan fingerprint density at radius 1 is 1.33 bits per heavy atom. The summed E-state index contributed by atoms with van der Waals surface area (Å²) in [6.07, 6.45) is 2.46. The van der Waals surface area contributed by atoms with Gasteiger partial charge in [0.15, 0.2) is 0 Å². The lowest BCUT2D eigenvalue weighted by Crippen LogP contribution is -2.52. The van der Waals surface area contributed by atoms with Gasteiger partial charge in [0.05, 0.1) is 0 Å². The Balaban J connectivity index is 2.24. The van der Waals surface area contributed by atoms with Crippen LogP contribution in [-0.4, -0.2) is 40.5 Å². The fourth-order valence-corrected chi connectivity index (χ4v) is 3.05. The first kappa shape index (κ1) is 15.5. The number of amides is 1. The Kier molecular flexibility index (Phi) is 4.63. The number of hydrogen-bond acceptors (Lipinski definition) is 3. The van der Waals surface area contributed by atoms with Gasteiger partial charge in [-0.3, -0.25) is 4.79 Å². The third kappa shape index (κ3) is 2.78. The molecule has 1 atom stereocenters. The Bertz CT molecular complexity index is 527. The zero-order chi connectivity index (χ0) is 15.5. The van der Waals surface area contributed by atoms with Crippen LogP contribution in [0, 0.1) is 0 Å². The van der Waals surface area contributed by atoms with Gasteiger partial charge in [-0.15, -0.1) is 0 Å². The van der Waals surface area contributed by atoms with Gasteiger partial charge < -0.3 is 15.7 Å². The van der Waals surface area contributed by atoms with Crippen molar-refractivity contribution in [3.63, 3.8) is 0 Å². The largest absolute Gasteiger partial charge is 0.479 e. The molecular weight excluding hydrogens is 268 g/mol. The number of carbonyl (C=O) groups is 2. The van der Waals surface area contributed by atoms with E-state index in [0.29, 0.717) is 31.5 Å². The lowest BCUT2D eigenvalue weighted by atomic mass is 9.92. The molecule has 1 aromatic rings. The normalized spacial score (nSPS) is 21.5. The average Bonchev–Trinajstić information content (AvgIpc) is 2.93. The zero-order valence-corrected chi connectivity index (χ0v) is 12.3. The van der Waals surface area contributed by atoms with Crippen molar-refractivity contribution in [2.24, 2.45) is 5.73 Å². The minimum atomic E-state index is -1.05. The van der Waals surface area contributed by atoms with Gasteiger partial charge in [-0.1, -0.05) is 19.1 Å². The number of likely N-dealkylation sites (tertiary alicyclic amines) is 1. The third-order valence-corrected chi connectivity index (χ3v) is 4.35. The highest BCUT2D eigenvalue weighted by Crippen LogP contribution is 2.34. The van der Waals surface area contributed by atoms with Crippen LogP contribution < -0.4 is 5.73 Å². The number of benzene rings is 1. The maximum atomic E-state index is 12.6. The molecular formula is C16H22N2O3. The topological polar surface area (TPSA) is 83.6 Å². The maximum absolute atomic E-state index is 12.6. The van der Waals surface area contributed by atoms with Gasteiger partial charge in [0.2, 0.25) is 0 Å². The van der Waals surface area contributed by atoms with Gasteiger partial charge in [-0.25, -0.2) is 4.79 Å². The molecule has 2 rings (SSSR count). The summed E-state index contributed by atoms with van der Waals surface area (Å²) in [6.45, 7) is 2.89. The number of aliphatic carboxylic acids is 1. The molecule has 1 aliphatic rings. The second-order valence-corrected chi connectivity index (χ2v) is 5.49. The molecule has 0 spiro atoms. The average molecular weight is 290 g/mol. The molecule has 1 amide bonds. The summed E-state index contributed by atoms with van der Waals surface area (Å²) in [4.78, 5) is 25.8. The highest BCUT2D eigenvalue weighted by molar-refractivity contribution is 5.98. The summed E-state index contributed by atoms with van der Waals surface area (Å²) in [5.41, 5.74) is 6.07. The van der Waals surface area contributed by atoms with Crippen molar-refractivity contribution in [3.05, 3.63) is 35.4 Å². The maximum Gasteiger partial charge on any atom is 0.329 e. The van der Waals surface area contributed by atoms with E-state index in [2.05, 4.69) is 0 Å². The second-order valence-electron chi connectivity index (χ2n) is 5.49. The van der Waals surface area contributed by atoms with Crippen LogP contribution in [-0.2, 0) is 11.2 Å². The summed E-state index contributed by atoms with van der Waals surface area (Å²) in [6, 6.07) is 7.27. The molecule has 1 aliphatic heterocycles. The summed E-state index contributed by atoms with van der Waals surface area (Å²) in [5, 5.41) is 9.54. The monoisotopic (exact) mass is 290 g/mol. The van der Waals surface area contributed by atoms with Gasteiger partial charge in [-0.05, 0) is 49.9 Å². The Hall–Kier alpha value is -1.88. The van der Waals surface area contributed by atoms with Crippen LogP contribution in [0.1, 0.15) is 42.1 Å². The molecule has 3 N–H and O–H groups in total. The van der Waals surface area contributed by atoms with Crippen LogP contribution in [0.2, 0.25) is 0 Å². The smallest absolute Gasteiger partial charge is 0.329 e. The lowest BCUT2D eigenvalue weighted by Gasteiger charge is -2.34. The molecule has 1 fully saturated rings. The number of nitrogens with two attached hydrogens (primary N) is 1. The third-order valence-electron chi connectivity index (χ3n) is 4.35. The summed E-state index contributed by atoms with van der Waals surface area (Å²) in [7, 11) is 0. The number of carboxylic acid groups (broad SMARTS) is 1. The van der Waals surface area contributed by atoms with E-state index < -0.39 is 11.5 Å². The first-order chi connectivity index (χ1) is 10.0. The van der Waals surface area contributed by atoms with Crippen LogP contribution in [0.15, 0.2) is 24.3 Å². The van der Waals surface area contributed by atoms with E-state index in [1.54, 1.807) is 12.1 Å². The van der Waals surface area contributed by atoms with Crippen molar-refractivity contribution in [2.75, 3.05) is 13.1 Å². The standard InChI is InChI=1S/C16H22N2O3/c1-2-16(15(20)21)9-3-11-18(16)14(19)13-6-4-12(5-7-13)8-10-17/h4-7H,2-3,8-11,17H2,1H3,(H,20,21). The van der Waals surface area contributed by atoms with Gasteiger partial charge >= 0.3 is 5.97 Å². The first-order valence-electron chi connectivity index (χ1n) is 7.39. The van der Waals surface area contributed by atoms with E-state index in [-0.39, 0.29) is 5.91 Å². The molecule has 5 nitrogen and oxygen atoms in total. The lowest BCUT2D eigenvalue weighted by molar-refractivity contribution is -0.148. The number of hydrogen-bond donors (Lipinski definition) is 2. The predicted molar refractivity (Wildman–Crippen MR) is 80.1 cm³/mol. The van der Waals surface area contributed by atoms with Crippen molar-refractivity contribution in [2.45, 2.75) is 38.1 Å². The Morgan fingerprint density at radius 2 is 2.00 bits per heavy atom. The fourth-order valence-electron chi connectivity index (χ4n) is 3.05. The van der Waals surface area contributed by atoms with E-state index in [9.17, 15) is 14.7 Å². The molecule has 1 unspecified atom stereocenters. The van der Waals surface area contributed by atoms with E-state index >= 15 is 0 Å². The predicted octanol–water partition coefficient (Wildman–Crippen LogP) is 1.66. The van der Waals surface area contributed by atoms with Crippen molar-refractivity contribution in [3.8, 4) is 0 Å². The van der Waals surface area contributed by atoms with Crippen LogP contribution in [0.25, 0.3) is 0 Å². The Morgan fingerprint density at radius 3 is 2.52 bits per heavy atom. The van der Waals surface area contributed by atoms with Crippen LogP contribution in [0.4, 0.5) is 0 Å². The van der Waals surface area contributed by atoms with Crippen LogP contribution in [0.5, 0.6) is 0 Å².